The number of hydrogen-bond acceptors (Lipinski definition) is 4. The maximum atomic E-state index is 11.7. The Hall–Kier alpha value is -1.34. The van der Waals surface area contributed by atoms with Gasteiger partial charge >= 0.3 is 6.03 Å². The van der Waals surface area contributed by atoms with E-state index >= 15 is 0 Å². The lowest BCUT2D eigenvalue weighted by Gasteiger charge is -2.22. The Labute approximate surface area is 114 Å². The number of halogens is 1. The highest BCUT2D eigenvalue weighted by Gasteiger charge is 2.20. The van der Waals surface area contributed by atoms with Crippen molar-refractivity contribution < 1.29 is 14.0 Å². The lowest BCUT2D eigenvalue weighted by Crippen LogP contribution is -2.47. The fourth-order valence-electron chi connectivity index (χ4n) is 1.30. The molecule has 2 N–H and O–H groups in total. The first-order valence-corrected chi connectivity index (χ1v) is 6.20. The van der Waals surface area contributed by atoms with Gasteiger partial charge in [-0.3, -0.25) is 15.0 Å². The van der Waals surface area contributed by atoms with Gasteiger partial charge in [-0.25, -0.2) is 4.79 Å². The molecule has 0 aliphatic heterocycles. The number of nitrogens with one attached hydrogen (secondary N) is 2. The van der Waals surface area contributed by atoms with E-state index in [0.29, 0.717) is 11.2 Å². The van der Waals surface area contributed by atoms with Crippen LogP contribution in [0.5, 0.6) is 0 Å². The minimum absolute atomic E-state index is 0.359. The molecule has 0 unspecified atom stereocenters. The smallest absolute Gasteiger partial charge is 0.321 e. The predicted octanol–water partition coefficient (Wildman–Crippen LogP) is 1.32. The number of hydrogen-bond donors (Lipinski definition) is 2. The van der Waals surface area contributed by atoms with Gasteiger partial charge < -0.3 is 9.73 Å². The number of furan rings is 1. The van der Waals surface area contributed by atoms with E-state index in [1.54, 1.807) is 24.9 Å². The summed E-state index contributed by atoms with van der Waals surface area (Å²) < 4.78 is 6.00. The molecule has 0 spiro atoms. The lowest BCUT2D eigenvalue weighted by atomic mass is 10.2. The van der Waals surface area contributed by atoms with Crippen molar-refractivity contribution in [2.24, 2.45) is 0 Å². The number of carbonyl (C=O) groups excluding carboxylic acids is 2. The van der Waals surface area contributed by atoms with Crippen LogP contribution in [-0.2, 0) is 11.3 Å². The van der Waals surface area contributed by atoms with Gasteiger partial charge in [0.15, 0.2) is 4.67 Å². The van der Waals surface area contributed by atoms with Gasteiger partial charge in [0.2, 0.25) is 5.91 Å². The van der Waals surface area contributed by atoms with Crippen LogP contribution in [0.1, 0.15) is 12.7 Å². The molecule has 0 radical (unpaired) electrons. The highest BCUT2D eigenvalue weighted by molar-refractivity contribution is 9.10. The van der Waals surface area contributed by atoms with Crippen molar-refractivity contribution in [3.8, 4) is 0 Å². The summed E-state index contributed by atoms with van der Waals surface area (Å²) in [5, 5.41) is 4.56. The number of imide groups is 1. The predicted molar refractivity (Wildman–Crippen MR) is 69.9 cm³/mol. The third-order valence-electron chi connectivity index (χ3n) is 2.54. The molecule has 7 heteroatoms. The fraction of sp³-hybridized carbons (Fsp3) is 0.455. The van der Waals surface area contributed by atoms with Crippen molar-refractivity contribution in [1.82, 2.24) is 15.5 Å². The van der Waals surface area contributed by atoms with Crippen molar-refractivity contribution in [3.63, 3.8) is 0 Å². The van der Waals surface area contributed by atoms with Crippen LogP contribution in [0.3, 0.4) is 0 Å². The molecular formula is C11H16BrN3O3. The highest BCUT2D eigenvalue weighted by atomic mass is 79.9. The summed E-state index contributed by atoms with van der Waals surface area (Å²) in [7, 11) is 3.24. The molecule has 0 aliphatic rings. The molecule has 1 aromatic rings. The second-order valence-corrected chi connectivity index (χ2v) is 4.65. The number of likely N-dealkylation sites (N-methyl/N-ethyl adjacent to an activating group) is 1. The number of nitrogens with zero attached hydrogens (tertiary/aromatic N) is 1. The van der Waals surface area contributed by atoms with Gasteiger partial charge in [-0.05, 0) is 42.0 Å². The zero-order chi connectivity index (χ0) is 13.7. The Morgan fingerprint density at radius 1 is 1.50 bits per heavy atom. The summed E-state index contributed by atoms with van der Waals surface area (Å²) in [4.78, 5) is 24.5. The summed E-state index contributed by atoms with van der Waals surface area (Å²) in [6, 6.07) is 2.66. The van der Waals surface area contributed by atoms with E-state index in [4.69, 9.17) is 4.42 Å². The lowest BCUT2D eigenvalue weighted by molar-refractivity contribution is -0.124. The molecule has 6 nitrogen and oxygen atoms in total. The second-order valence-electron chi connectivity index (χ2n) is 3.87. The van der Waals surface area contributed by atoms with Crippen molar-refractivity contribution in [1.29, 1.82) is 0 Å². The van der Waals surface area contributed by atoms with Crippen molar-refractivity contribution in [2.75, 3.05) is 14.1 Å². The third-order valence-corrected chi connectivity index (χ3v) is 2.96. The van der Waals surface area contributed by atoms with Crippen molar-refractivity contribution in [3.05, 3.63) is 22.6 Å². The average Bonchev–Trinajstić information content (AvgIpc) is 2.73. The molecule has 18 heavy (non-hydrogen) atoms. The van der Waals surface area contributed by atoms with Gasteiger partial charge in [-0.15, -0.1) is 0 Å². The Morgan fingerprint density at radius 3 is 2.67 bits per heavy atom. The molecule has 100 valence electrons. The normalized spacial score (nSPS) is 12.3. The Morgan fingerprint density at radius 2 is 2.17 bits per heavy atom. The molecule has 0 aliphatic carbocycles. The summed E-state index contributed by atoms with van der Waals surface area (Å²) in [5.41, 5.74) is 0. The van der Waals surface area contributed by atoms with Crippen LogP contribution >= 0.6 is 15.9 Å². The molecule has 0 bridgehead atoms. The van der Waals surface area contributed by atoms with Crippen LogP contribution in [0.4, 0.5) is 4.79 Å². The van der Waals surface area contributed by atoms with Crippen LogP contribution in [0.2, 0.25) is 0 Å². The topological polar surface area (TPSA) is 74.6 Å². The monoisotopic (exact) mass is 317 g/mol. The van der Waals surface area contributed by atoms with Crippen LogP contribution in [0.15, 0.2) is 21.2 Å². The SMILES string of the molecule is CNC(=O)NC(=O)[C@H](C)N(C)Cc1ccc(Br)o1. The first-order chi connectivity index (χ1) is 8.43. The Balaban J connectivity index is 2.52. The maximum Gasteiger partial charge on any atom is 0.321 e. The van der Waals surface area contributed by atoms with Gasteiger partial charge in [-0.2, -0.15) is 0 Å². The largest absolute Gasteiger partial charge is 0.453 e. The van der Waals surface area contributed by atoms with Gasteiger partial charge in [0.05, 0.1) is 12.6 Å². The number of amides is 3. The average molecular weight is 318 g/mol. The third kappa shape index (κ3) is 4.15. The molecule has 1 heterocycles. The molecule has 0 fully saturated rings. The minimum atomic E-state index is -0.513. The van der Waals surface area contributed by atoms with Crippen LogP contribution in [0, 0.1) is 0 Å². The van der Waals surface area contributed by atoms with E-state index in [1.165, 1.54) is 7.05 Å². The zero-order valence-corrected chi connectivity index (χ0v) is 12.1. The summed E-state index contributed by atoms with van der Waals surface area (Å²) in [6.45, 7) is 2.20. The molecule has 0 saturated heterocycles. The fourth-order valence-corrected chi connectivity index (χ4v) is 1.64. The molecular weight excluding hydrogens is 302 g/mol. The molecule has 1 atom stereocenters. The van der Waals surface area contributed by atoms with E-state index < -0.39 is 12.1 Å². The van der Waals surface area contributed by atoms with Crippen molar-refractivity contribution >= 4 is 27.9 Å². The molecule has 3 amide bonds. The summed E-state index contributed by atoms with van der Waals surface area (Å²) in [5.74, 6) is 0.381. The summed E-state index contributed by atoms with van der Waals surface area (Å²) in [6.07, 6.45) is 0. The van der Waals surface area contributed by atoms with Gasteiger partial charge in [0, 0.05) is 7.05 Å². The molecule has 1 aromatic heterocycles. The maximum absolute atomic E-state index is 11.7. The van der Waals surface area contributed by atoms with Crippen molar-refractivity contribution in [2.45, 2.75) is 19.5 Å². The van der Waals surface area contributed by atoms with Gasteiger partial charge in [0.1, 0.15) is 5.76 Å². The van der Waals surface area contributed by atoms with Crippen LogP contribution in [0.25, 0.3) is 0 Å². The van der Waals surface area contributed by atoms with Gasteiger partial charge in [0.25, 0.3) is 0 Å². The second kappa shape index (κ2) is 6.55. The van der Waals surface area contributed by atoms with Crippen LogP contribution < -0.4 is 10.6 Å². The number of carbonyl (C=O) groups is 2. The zero-order valence-electron chi connectivity index (χ0n) is 10.5. The molecule has 0 saturated carbocycles. The first-order valence-electron chi connectivity index (χ1n) is 5.41. The van der Waals surface area contributed by atoms with E-state index in [9.17, 15) is 9.59 Å². The number of rotatable bonds is 4. The first kappa shape index (κ1) is 14.7. The van der Waals surface area contributed by atoms with E-state index in [1.807, 2.05) is 6.07 Å². The Bertz CT molecular complexity index is 433. The van der Waals surface area contributed by atoms with Crippen LogP contribution in [-0.4, -0.2) is 37.0 Å². The quantitative estimate of drug-likeness (QED) is 0.878. The standard InChI is InChI=1S/C11H16BrN3O3/c1-7(10(16)14-11(17)13-2)15(3)6-8-4-5-9(12)18-8/h4-5,7H,6H2,1-3H3,(H2,13,14,16,17)/t7-/m0/s1. The van der Waals surface area contributed by atoms with E-state index in [-0.39, 0.29) is 5.91 Å². The van der Waals surface area contributed by atoms with E-state index in [2.05, 4.69) is 26.6 Å². The Kier molecular flexibility index (Phi) is 5.36. The molecule has 0 aromatic carbocycles. The summed E-state index contributed by atoms with van der Waals surface area (Å²) >= 11 is 3.21. The molecule has 1 rings (SSSR count). The number of urea groups is 1. The van der Waals surface area contributed by atoms with E-state index in [0.717, 1.165) is 5.76 Å². The van der Waals surface area contributed by atoms with Gasteiger partial charge in [-0.1, -0.05) is 0 Å². The highest BCUT2D eigenvalue weighted by Crippen LogP contribution is 2.16. The minimum Gasteiger partial charge on any atom is -0.453 e.